The number of nitrogens with zero attached hydrogens (tertiary/aromatic N) is 2. The predicted molar refractivity (Wildman–Crippen MR) is 56.9 cm³/mol. The largest absolute Gasteiger partial charge is 0.353 e. The zero-order valence-corrected chi connectivity index (χ0v) is 8.99. The number of aromatic nitrogens is 3. The number of aromatic amines is 1. The Hall–Kier alpha value is -1.43. The summed E-state index contributed by atoms with van der Waals surface area (Å²) in [6, 6.07) is -0.172. The highest BCUT2D eigenvalue weighted by molar-refractivity contribution is 5.82. The van der Waals surface area contributed by atoms with Gasteiger partial charge in [0.25, 0.3) is 0 Å². The maximum Gasteiger partial charge on any atom is 0.237 e. The highest BCUT2D eigenvalue weighted by Crippen LogP contribution is 2.37. The van der Waals surface area contributed by atoms with E-state index < -0.39 is 0 Å². The first-order valence-corrected chi connectivity index (χ1v) is 5.75. The Balaban J connectivity index is 1.65. The quantitative estimate of drug-likeness (QED) is 0.631. The van der Waals surface area contributed by atoms with Crippen molar-refractivity contribution in [3.63, 3.8) is 0 Å². The molecule has 1 aliphatic carbocycles. The lowest BCUT2D eigenvalue weighted by Gasteiger charge is -2.22. The molecule has 3 N–H and O–H groups in total. The minimum Gasteiger partial charge on any atom is -0.353 e. The third kappa shape index (κ3) is 1.92. The van der Waals surface area contributed by atoms with Gasteiger partial charge in [-0.15, -0.1) is 0 Å². The van der Waals surface area contributed by atoms with Crippen LogP contribution in [-0.4, -0.2) is 40.2 Å². The summed E-state index contributed by atoms with van der Waals surface area (Å²) in [4.78, 5) is 15.9. The van der Waals surface area contributed by atoms with Crippen molar-refractivity contribution >= 4 is 5.91 Å². The number of rotatable bonds is 3. The molecule has 16 heavy (non-hydrogen) atoms. The summed E-state index contributed by atoms with van der Waals surface area (Å²) in [7, 11) is 0. The van der Waals surface area contributed by atoms with E-state index in [0.717, 1.165) is 18.2 Å². The molecule has 1 amide bonds. The Morgan fingerprint density at radius 1 is 1.31 bits per heavy atom. The Morgan fingerprint density at radius 3 is 2.94 bits per heavy atom. The monoisotopic (exact) mass is 221 g/mol. The van der Waals surface area contributed by atoms with Crippen molar-refractivity contribution in [3.05, 3.63) is 11.6 Å². The van der Waals surface area contributed by atoms with Gasteiger partial charge in [0, 0.05) is 25.4 Å². The van der Waals surface area contributed by atoms with E-state index in [1.807, 2.05) is 0 Å². The minimum absolute atomic E-state index is 0.0515. The van der Waals surface area contributed by atoms with Crippen LogP contribution in [0.5, 0.6) is 0 Å². The summed E-state index contributed by atoms with van der Waals surface area (Å²) >= 11 is 0. The van der Waals surface area contributed by atoms with Gasteiger partial charge in [0.2, 0.25) is 5.91 Å². The van der Waals surface area contributed by atoms with Gasteiger partial charge in [-0.3, -0.25) is 9.89 Å². The standard InChI is InChI=1S/C10H15N5O/c16-10-7(11-3-4-12-10)5-8-13-9(15-14-8)6-1-2-6/h6-7,11H,1-5H2,(H,12,16)(H,13,14,15). The Bertz CT molecular complexity index is 398. The highest BCUT2D eigenvalue weighted by Gasteiger charge is 2.29. The lowest BCUT2D eigenvalue weighted by atomic mass is 10.1. The van der Waals surface area contributed by atoms with Crippen molar-refractivity contribution in [1.29, 1.82) is 0 Å². The number of carbonyl (C=O) groups is 1. The molecule has 0 aromatic carbocycles. The third-order valence-corrected chi connectivity index (χ3v) is 3.02. The molecule has 3 rings (SSSR count). The van der Waals surface area contributed by atoms with Crippen LogP contribution in [-0.2, 0) is 11.2 Å². The highest BCUT2D eigenvalue weighted by atomic mass is 16.2. The van der Waals surface area contributed by atoms with E-state index in [4.69, 9.17) is 0 Å². The molecular formula is C10H15N5O. The second kappa shape index (κ2) is 3.86. The third-order valence-electron chi connectivity index (χ3n) is 3.02. The molecule has 0 radical (unpaired) electrons. The minimum atomic E-state index is -0.172. The Kier molecular flexibility index (Phi) is 2.36. The number of hydrogen-bond acceptors (Lipinski definition) is 4. The van der Waals surface area contributed by atoms with Crippen molar-refractivity contribution in [1.82, 2.24) is 25.8 Å². The van der Waals surface area contributed by atoms with E-state index in [1.165, 1.54) is 12.8 Å². The molecule has 1 aliphatic heterocycles. The predicted octanol–water partition coefficient (Wildman–Crippen LogP) is -0.687. The molecule has 1 aromatic rings. The second-order valence-corrected chi connectivity index (χ2v) is 4.42. The molecule has 6 nitrogen and oxygen atoms in total. The van der Waals surface area contributed by atoms with Crippen molar-refractivity contribution in [3.8, 4) is 0 Å². The Labute approximate surface area is 93.2 Å². The number of carbonyl (C=O) groups excluding carboxylic acids is 1. The number of hydrogen-bond donors (Lipinski definition) is 3. The van der Waals surface area contributed by atoms with Gasteiger partial charge in [-0.1, -0.05) is 0 Å². The van der Waals surface area contributed by atoms with E-state index in [0.29, 0.717) is 18.9 Å². The summed E-state index contributed by atoms with van der Waals surface area (Å²) in [5, 5.41) is 13.1. The Morgan fingerprint density at radius 2 is 2.19 bits per heavy atom. The smallest absolute Gasteiger partial charge is 0.237 e. The molecular weight excluding hydrogens is 206 g/mol. The van der Waals surface area contributed by atoms with Gasteiger partial charge < -0.3 is 10.6 Å². The maximum absolute atomic E-state index is 11.5. The summed E-state index contributed by atoms with van der Waals surface area (Å²) in [5.41, 5.74) is 0. The normalized spacial score (nSPS) is 25.5. The van der Waals surface area contributed by atoms with Crippen LogP contribution in [0.25, 0.3) is 0 Å². The van der Waals surface area contributed by atoms with Crippen LogP contribution in [0.4, 0.5) is 0 Å². The number of amides is 1. The lowest BCUT2D eigenvalue weighted by Crippen LogP contribution is -2.53. The first kappa shape index (κ1) is 9.77. The first-order chi connectivity index (χ1) is 7.83. The molecule has 1 aromatic heterocycles. The topological polar surface area (TPSA) is 82.7 Å². The molecule has 1 unspecified atom stereocenters. The van der Waals surface area contributed by atoms with E-state index in [9.17, 15) is 4.79 Å². The molecule has 6 heteroatoms. The van der Waals surface area contributed by atoms with Crippen LogP contribution < -0.4 is 10.6 Å². The van der Waals surface area contributed by atoms with Gasteiger partial charge in [0.15, 0.2) is 5.82 Å². The SMILES string of the molecule is O=C1NCCNC1Cc1nc(C2CC2)n[nH]1. The van der Waals surface area contributed by atoms with Crippen LogP contribution in [0.1, 0.15) is 30.4 Å². The van der Waals surface area contributed by atoms with Crippen LogP contribution in [0.3, 0.4) is 0 Å². The average Bonchev–Trinajstić information content (AvgIpc) is 3.03. The molecule has 1 atom stereocenters. The molecule has 2 fully saturated rings. The zero-order chi connectivity index (χ0) is 11.0. The summed E-state index contributed by atoms with van der Waals surface area (Å²) in [5.74, 6) is 2.32. The van der Waals surface area contributed by atoms with Gasteiger partial charge in [-0.2, -0.15) is 5.10 Å². The molecule has 86 valence electrons. The summed E-state index contributed by atoms with van der Waals surface area (Å²) < 4.78 is 0. The van der Waals surface area contributed by atoms with Crippen LogP contribution in [0.15, 0.2) is 0 Å². The molecule has 1 saturated heterocycles. The van der Waals surface area contributed by atoms with Crippen LogP contribution in [0.2, 0.25) is 0 Å². The van der Waals surface area contributed by atoms with E-state index >= 15 is 0 Å². The average molecular weight is 221 g/mol. The van der Waals surface area contributed by atoms with Crippen molar-refractivity contribution in [2.24, 2.45) is 0 Å². The second-order valence-electron chi connectivity index (χ2n) is 4.42. The van der Waals surface area contributed by atoms with E-state index in [1.54, 1.807) is 0 Å². The molecule has 2 heterocycles. The fraction of sp³-hybridized carbons (Fsp3) is 0.700. The molecule has 1 saturated carbocycles. The summed E-state index contributed by atoms with van der Waals surface area (Å²) in [6.07, 6.45) is 2.98. The van der Waals surface area contributed by atoms with Gasteiger partial charge in [-0.25, -0.2) is 4.98 Å². The zero-order valence-electron chi connectivity index (χ0n) is 8.99. The molecule has 0 bridgehead atoms. The van der Waals surface area contributed by atoms with Crippen LogP contribution >= 0.6 is 0 Å². The fourth-order valence-corrected chi connectivity index (χ4v) is 1.93. The van der Waals surface area contributed by atoms with Crippen molar-refractivity contribution < 1.29 is 4.79 Å². The van der Waals surface area contributed by atoms with Crippen molar-refractivity contribution in [2.45, 2.75) is 31.2 Å². The van der Waals surface area contributed by atoms with E-state index in [2.05, 4.69) is 25.8 Å². The van der Waals surface area contributed by atoms with Crippen LogP contribution in [0, 0.1) is 0 Å². The number of nitrogens with one attached hydrogen (secondary N) is 3. The first-order valence-electron chi connectivity index (χ1n) is 5.75. The van der Waals surface area contributed by atoms with Gasteiger partial charge >= 0.3 is 0 Å². The van der Waals surface area contributed by atoms with Gasteiger partial charge in [-0.05, 0) is 12.8 Å². The number of H-pyrrole nitrogens is 1. The van der Waals surface area contributed by atoms with Crippen molar-refractivity contribution in [2.75, 3.05) is 13.1 Å². The number of piperazine rings is 1. The van der Waals surface area contributed by atoms with E-state index in [-0.39, 0.29) is 11.9 Å². The summed E-state index contributed by atoms with van der Waals surface area (Å²) in [6.45, 7) is 1.53. The van der Waals surface area contributed by atoms with Gasteiger partial charge in [0.1, 0.15) is 5.82 Å². The van der Waals surface area contributed by atoms with Gasteiger partial charge in [0.05, 0.1) is 6.04 Å². The maximum atomic E-state index is 11.5. The molecule has 2 aliphatic rings. The lowest BCUT2D eigenvalue weighted by molar-refractivity contribution is -0.124. The molecule has 0 spiro atoms. The fourth-order valence-electron chi connectivity index (χ4n) is 1.93.